The molecule has 4 aromatic carbocycles. The Kier molecular flexibility index (Phi) is 5.63. The normalized spacial score (nSPS) is 15.7. The molecule has 0 bridgehead atoms. The molecule has 4 heteroatoms. The summed E-state index contributed by atoms with van der Waals surface area (Å²) < 4.78 is 0. The van der Waals surface area contributed by atoms with Crippen LogP contribution in [0.3, 0.4) is 0 Å². The molecule has 4 aromatic rings. The van der Waals surface area contributed by atoms with Crippen molar-refractivity contribution in [3.63, 3.8) is 0 Å². The molecule has 0 saturated heterocycles. The van der Waals surface area contributed by atoms with E-state index in [1.807, 2.05) is 36.4 Å². The Balaban J connectivity index is 1.64. The van der Waals surface area contributed by atoms with Crippen molar-refractivity contribution in [2.24, 2.45) is 9.98 Å². The van der Waals surface area contributed by atoms with E-state index in [0.717, 1.165) is 33.5 Å². The Morgan fingerprint density at radius 3 is 1.61 bits per heavy atom. The average Bonchev–Trinajstić information content (AvgIpc) is 2.86. The van der Waals surface area contributed by atoms with Crippen molar-refractivity contribution in [1.82, 2.24) is 0 Å². The minimum Gasteiger partial charge on any atom is -0.289 e. The summed E-state index contributed by atoms with van der Waals surface area (Å²) in [7, 11) is 0. The van der Waals surface area contributed by atoms with Gasteiger partial charge in [0.1, 0.15) is 5.37 Å². The number of amidine groups is 2. The van der Waals surface area contributed by atoms with Crippen molar-refractivity contribution in [3.8, 4) is 0 Å². The van der Waals surface area contributed by atoms with Gasteiger partial charge in [-0.05, 0) is 29.8 Å². The standard InChI is InChI=1S/C27H21N3S/c1-5-13-21(14-6-1)25-28-26(22-15-7-2-8-16-22)31-27(29-25)30(23-17-9-3-10-18-23)24-19-11-4-12-20-24/h1-20,26H/t26-/m0/s1. The van der Waals surface area contributed by atoms with Crippen LogP contribution in [-0.2, 0) is 0 Å². The number of aliphatic imine (C=N–C) groups is 2. The van der Waals surface area contributed by atoms with Crippen LogP contribution >= 0.6 is 11.8 Å². The monoisotopic (exact) mass is 419 g/mol. The third-order valence-corrected chi connectivity index (χ3v) is 6.08. The van der Waals surface area contributed by atoms with Crippen LogP contribution in [0.2, 0.25) is 0 Å². The van der Waals surface area contributed by atoms with Gasteiger partial charge in [0.15, 0.2) is 11.0 Å². The maximum Gasteiger partial charge on any atom is 0.177 e. The molecule has 1 atom stereocenters. The molecule has 1 aliphatic rings. The summed E-state index contributed by atoms with van der Waals surface area (Å²) in [5.74, 6) is 0.750. The van der Waals surface area contributed by atoms with Gasteiger partial charge in [0.05, 0.1) is 0 Å². The lowest BCUT2D eigenvalue weighted by Crippen LogP contribution is -2.27. The lowest BCUT2D eigenvalue weighted by atomic mass is 10.2. The summed E-state index contributed by atoms with van der Waals surface area (Å²) in [4.78, 5) is 12.3. The van der Waals surface area contributed by atoms with Crippen molar-refractivity contribution in [3.05, 3.63) is 132 Å². The Bertz CT molecular complexity index is 1150. The number of hydrogen-bond donors (Lipinski definition) is 0. The molecule has 1 aliphatic heterocycles. The zero-order chi connectivity index (χ0) is 20.9. The highest BCUT2D eigenvalue weighted by Crippen LogP contribution is 2.40. The molecule has 0 saturated carbocycles. The molecule has 0 aromatic heterocycles. The first-order valence-electron chi connectivity index (χ1n) is 10.2. The van der Waals surface area contributed by atoms with Crippen LogP contribution in [-0.4, -0.2) is 11.0 Å². The van der Waals surface area contributed by atoms with Gasteiger partial charge in [-0.2, -0.15) is 0 Å². The number of hydrogen-bond acceptors (Lipinski definition) is 4. The van der Waals surface area contributed by atoms with Gasteiger partial charge in [-0.25, -0.2) is 9.98 Å². The van der Waals surface area contributed by atoms with E-state index in [4.69, 9.17) is 9.98 Å². The Morgan fingerprint density at radius 1 is 0.581 bits per heavy atom. The second kappa shape index (κ2) is 9.02. The van der Waals surface area contributed by atoms with Crippen LogP contribution in [0.1, 0.15) is 16.5 Å². The summed E-state index contributed by atoms with van der Waals surface area (Å²) in [5.41, 5.74) is 4.32. The highest BCUT2D eigenvalue weighted by atomic mass is 32.2. The van der Waals surface area contributed by atoms with E-state index in [1.165, 1.54) is 0 Å². The third kappa shape index (κ3) is 4.30. The fraction of sp³-hybridized carbons (Fsp3) is 0.0370. The molecule has 0 N–H and O–H groups in total. The summed E-state index contributed by atoms with van der Waals surface area (Å²) in [6.07, 6.45) is 0. The minimum atomic E-state index is -0.0705. The van der Waals surface area contributed by atoms with E-state index in [0.29, 0.717) is 0 Å². The van der Waals surface area contributed by atoms with E-state index < -0.39 is 0 Å². The molecule has 3 nitrogen and oxygen atoms in total. The third-order valence-electron chi connectivity index (χ3n) is 4.99. The van der Waals surface area contributed by atoms with Crippen LogP contribution < -0.4 is 4.90 Å². The molecule has 150 valence electrons. The average molecular weight is 420 g/mol. The predicted molar refractivity (Wildman–Crippen MR) is 132 cm³/mol. The zero-order valence-electron chi connectivity index (χ0n) is 16.9. The van der Waals surface area contributed by atoms with E-state index in [-0.39, 0.29) is 5.37 Å². The van der Waals surface area contributed by atoms with E-state index >= 15 is 0 Å². The van der Waals surface area contributed by atoms with Crippen LogP contribution in [0.5, 0.6) is 0 Å². The second-order valence-electron chi connectivity index (χ2n) is 7.10. The highest BCUT2D eigenvalue weighted by molar-refractivity contribution is 8.14. The molecule has 5 rings (SSSR count). The van der Waals surface area contributed by atoms with Gasteiger partial charge in [0.25, 0.3) is 0 Å². The smallest absolute Gasteiger partial charge is 0.177 e. The Morgan fingerprint density at radius 2 is 1.06 bits per heavy atom. The van der Waals surface area contributed by atoms with Crippen molar-refractivity contribution >= 4 is 34.1 Å². The fourth-order valence-corrected chi connectivity index (χ4v) is 4.60. The maximum absolute atomic E-state index is 5.04. The first-order valence-corrected chi connectivity index (χ1v) is 11.1. The largest absolute Gasteiger partial charge is 0.289 e. The molecule has 0 amide bonds. The van der Waals surface area contributed by atoms with Gasteiger partial charge < -0.3 is 0 Å². The number of thioether (sulfide) groups is 1. The lowest BCUT2D eigenvalue weighted by Gasteiger charge is -2.30. The molecule has 0 aliphatic carbocycles. The first-order chi connectivity index (χ1) is 15.4. The number of nitrogens with zero attached hydrogens (tertiary/aromatic N) is 3. The van der Waals surface area contributed by atoms with Crippen LogP contribution in [0.4, 0.5) is 11.4 Å². The van der Waals surface area contributed by atoms with E-state index in [2.05, 4.69) is 89.8 Å². The minimum absolute atomic E-state index is 0.0705. The molecule has 0 radical (unpaired) electrons. The van der Waals surface area contributed by atoms with E-state index in [9.17, 15) is 0 Å². The van der Waals surface area contributed by atoms with Crippen LogP contribution in [0.25, 0.3) is 0 Å². The van der Waals surface area contributed by atoms with Crippen LogP contribution in [0.15, 0.2) is 131 Å². The second-order valence-corrected chi connectivity index (χ2v) is 8.15. The SMILES string of the molecule is c1ccc(C2=N[C@H](c3ccccc3)SC(N(c3ccccc3)c3ccccc3)=N2)cc1. The predicted octanol–water partition coefficient (Wildman–Crippen LogP) is 7.07. The Hall–Kier alpha value is -3.63. The highest BCUT2D eigenvalue weighted by Gasteiger charge is 2.27. The number of para-hydroxylation sites is 2. The summed E-state index contributed by atoms with van der Waals surface area (Å²) in [5, 5.41) is 0.832. The number of anilines is 2. The van der Waals surface area contributed by atoms with Crippen molar-refractivity contribution in [2.45, 2.75) is 5.37 Å². The molecule has 0 spiro atoms. The molecule has 31 heavy (non-hydrogen) atoms. The molecule has 1 heterocycles. The molecule has 0 fully saturated rings. The lowest BCUT2D eigenvalue weighted by molar-refractivity contribution is 1.03. The molecular weight excluding hydrogens is 398 g/mol. The van der Waals surface area contributed by atoms with Crippen molar-refractivity contribution < 1.29 is 0 Å². The van der Waals surface area contributed by atoms with Gasteiger partial charge in [0.2, 0.25) is 0 Å². The van der Waals surface area contributed by atoms with Gasteiger partial charge in [0, 0.05) is 16.9 Å². The first kappa shape index (κ1) is 19.3. The van der Waals surface area contributed by atoms with Gasteiger partial charge in [-0.1, -0.05) is 109 Å². The van der Waals surface area contributed by atoms with Gasteiger partial charge >= 0.3 is 0 Å². The maximum atomic E-state index is 5.04. The van der Waals surface area contributed by atoms with E-state index in [1.54, 1.807) is 11.8 Å². The summed E-state index contributed by atoms with van der Waals surface area (Å²) in [6.45, 7) is 0. The Labute approximate surface area is 186 Å². The number of rotatable bonds is 4. The van der Waals surface area contributed by atoms with Gasteiger partial charge in [-0.3, -0.25) is 4.90 Å². The van der Waals surface area contributed by atoms with Crippen molar-refractivity contribution in [1.29, 1.82) is 0 Å². The quantitative estimate of drug-likeness (QED) is 0.354. The molecular formula is C27H21N3S. The zero-order valence-corrected chi connectivity index (χ0v) is 17.7. The molecule has 0 unspecified atom stereocenters. The topological polar surface area (TPSA) is 28.0 Å². The van der Waals surface area contributed by atoms with Crippen molar-refractivity contribution in [2.75, 3.05) is 4.90 Å². The summed E-state index contributed by atoms with van der Waals surface area (Å²) >= 11 is 1.67. The number of benzene rings is 4. The van der Waals surface area contributed by atoms with Gasteiger partial charge in [-0.15, -0.1) is 0 Å². The summed E-state index contributed by atoms with van der Waals surface area (Å²) in [6, 6.07) is 41.3. The van der Waals surface area contributed by atoms with Crippen LogP contribution in [0, 0.1) is 0 Å². The fourth-order valence-electron chi connectivity index (χ4n) is 3.50.